The Morgan fingerprint density at radius 2 is 2.19 bits per heavy atom. The van der Waals surface area contributed by atoms with Gasteiger partial charge in [-0.25, -0.2) is 5.43 Å². The number of nitro groups is 1. The van der Waals surface area contributed by atoms with Crippen molar-refractivity contribution < 1.29 is 9.66 Å². The summed E-state index contributed by atoms with van der Waals surface area (Å²) in [5, 5.41) is 12.4. The average Bonchev–Trinajstić information content (AvgIpc) is 2.29. The summed E-state index contributed by atoms with van der Waals surface area (Å²) in [6.07, 6.45) is -0.0380. The Bertz CT molecular complexity index is 379. The van der Waals surface area contributed by atoms with Crippen molar-refractivity contribution in [2.45, 2.75) is 13.2 Å². The third-order valence-electron chi connectivity index (χ3n) is 2.39. The highest BCUT2D eigenvalue weighted by atomic mass is 16.6. The van der Waals surface area contributed by atoms with E-state index >= 15 is 0 Å². The van der Waals surface area contributed by atoms with Crippen LogP contribution in [0.15, 0.2) is 24.3 Å². The predicted octanol–water partition coefficient (Wildman–Crippen LogP) is 1.28. The maximum Gasteiger partial charge on any atom is 0.269 e. The first kappa shape index (κ1) is 10.8. The number of nitro benzene ring substituents is 1. The van der Waals surface area contributed by atoms with Crippen molar-refractivity contribution >= 4 is 11.4 Å². The molecule has 86 valence electrons. The van der Waals surface area contributed by atoms with Crippen LogP contribution < -0.4 is 10.4 Å². The van der Waals surface area contributed by atoms with Gasteiger partial charge in [-0.15, -0.1) is 0 Å². The summed E-state index contributed by atoms with van der Waals surface area (Å²) < 4.78 is 5.33. The number of hydrazine groups is 1. The van der Waals surface area contributed by atoms with E-state index in [0.29, 0.717) is 6.61 Å². The van der Waals surface area contributed by atoms with Crippen molar-refractivity contribution in [2.75, 3.05) is 18.2 Å². The van der Waals surface area contributed by atoms with Gasteiger partial charge in [0.2, 0.25) is 0 Å². The van der Waals surface area contributed by atoms with Crippen LogP contribution in [0.4, 0.5) is 11.4 Å². The molecule has 1 aliphatic heterocycles. The maximum absolute atomic E-state index is 10.5. The van der Waals surface area contributed by atoms with Gasteiger partial charge in [0.05, 0.1) is 23.8 Å². The topological polar surface area (TPSA) is 67.6 Å². The highest BCUT2D eigenvalue weighted by Crippen LogP contribution is 2.19. The lowest BCUT2D eigenvalue weighted by Crippen LogP contribution is -2.51. The molecule has 0 saturated carbocycles. The second kappa shape index (κ2) is 4.46. The molecular formula is C10H13N3O3. The molecule has 16 heavy (non-hydrogen) atoms. The zero-order valence-corrected chi connectivity index (χ0v) is 8.92. The third kappa shape index (κ3) is 2.29. The summed E-state index contributed by atoms with van der Waals surface area (Å²) in [5.41, 5.74) is 4.13. The largest absolute Gasteiger partial charge is 0.360 e. The Hall–Kier alpha value is -1.66. The Balaban J connectivity index is 2.11. The molecule has 1 aromatic carbocycles. The predicted molar refractivity (Wildman–Crippen MR) is 59.0 cm³/mol. The van der Waals surface area contributed by atoms with Gasteiger partial charge in [-0.1, -0.05) is 0 Å². The van der Waals surface area contributed by atoms with E-state index in [4.69, 9.17) is 4.74 Å². The third-order valence-corrected chi connectivity index (χ3v) is 2.39. The average molecular weight is 223 g/mol. The number of nitrogens with zero attached hydrogens (tertiary/aromatic N) is 2. The molecule has 1 heterocycles. The zero-order valence-electron chi connectivity index (χ0n) is 8.92. The number of non-ortho nitro benzene ring substituents is 1. The van der Waals surface area contributed by atoms with Crippen LogP contribution in [0.3, 0.4) is 0 Å². The minimum Gasteiger partial charge on any atom is -0.360 e. The zero-order chi connectivity index (χ0) is 11.5. The van der Waals surface area contributed by atoms with Gasteiger partial charge in [-0.2, -0.15) is 0 Å². The van der Waals surface area contributed by atoms with E-state index in [1.165, 1.54) is 12.1 Å². The van der Waals surface area contributed by atoms with E-state index in [0.717, 1.165) is 12.2 Å². The molecule has 2 rings (SSSR count). The lowest BCUT2D eigenvalue weighted by molar-refractivity contribution is -0.384. The molecule has 0 aromatic heterocycles. The van der Waals surface area contributed by atoms with Crippen LogP contribution in [0.5, 0.6) is 0 Å². The monoisotopic (exact) mass is 223 g/mol. The van der Waals surface area contributed by atoms with Crippen LogP contribution >= 0.6 is 0 Å². The van der Waals surface area contributed by atoms with Gasteiger partial charge >= 0.3 is 0 Å². The Kier molecular flexibility index (Phi) is 3.02. The summed E-state index contributed by atoms with van der Waals surface area (Å²) in [5.74, 6) is 0. The minimum atomic E-state index is -0.404. The van der Waals surface area contributed by atoms with E-state index in [1.54, 1.807) is 12.1 Å². The lowest BCUT2D eigenvalue weighted by Gasteiger charge is -2.33. The number of nitrogens with one attached hydrogen (secondary N) is 1. The van der Waals surface area contributed by atoms with E-state index in [-0.39, 0.29) is 11.9 Å². The fourth-order valence-corrected chi connectivity index (χ4v) is 1.60. The lowest BCUT2D eigenvalue weighted by atomic mass is 10.2. The van der Waals surface area contributed by atoms with Crippen LogP contribution in [0.1, 0.15) is 6.92 Å². The molecule has 1 N–H and O–H groups in total. The van der Waals surface area contributed by atoms with E-state index in [1.807, 2.05) is 11.9 Å². The molecule has 0 amide bonds. The van der Waals surface area contributed by atoms with Crippen LogP contribution in [0.2, 0.25) is 0 Å². The Morgan fingerprint density at radius 1 is 1.50 bits per heavy atom. The molecule has 0 radical (unpaired) electrons. The molecule has 1 unspecified atom stereocenters. The number of benzene rings is 1. The number of hydrogen-bond donors (Lipinski definition) is 1. The molecule has 1 fully saturated rings. The molecular weight excluding hydrogens is 210 g/mol. The normalized spacial score (nSPS) is 20.8. The first-order valence-corrected chi connectivity index (χ1v) is 5.06. The van der Waals surface area contributed by atoms with Crippen LogP contribution in [0.25, 0.3) is 0 Å². The van der Waals surface area contributed by atoms with Gasteiger partial charge in [0.25, 0.3) is 5.69 Å². The smallest absolute Gasteiger partial charge is 0.269 e. The standard InChI is InChI=1S/C10H13N3O3/c1-8-11-12(6-7-16-8)9-2-4-10(5-3-9)13(14)15/h2-5,8,11H,6-7H2,1H3. The maximum atomic E-state index is 10.5. The van der Waals surface area contributed by atoms with Gasteiger partial charge in [-0.05, 0) is 19.1 Å². The quantitative estimate of drug-likeness (QED) is 0.604. The molecule has 1 saturated heterocycles. The highest BCUT2D eigenvalue weighted by molar-refractivity contribution is 5.50. The highest BCUT2D eigenvalue weighted by Gasteiger charge is 2.16. The van der Waals surface area contributed by atoms with E-state index in [2.05, 4.69) is 5.43 Å². The summed E-state index contributed by atoms with van der Waals surface area (Å²) in [7, 11) is 0. The van der Waals surface area contributed by atoms with Gasteiger partial charge in [0, 0.05) is 12.1 Å². The van der Waals surface area contributed by atoms with E-state index in [9.17, 15) is 10.1 Å². The second-order valence-corrected chi connectivity index (χ2v) is 3.57. The molecule has 0 spiro atoms. The van der Waals surface area contributed by atoms with Gasteiger partial charge < -0.3 is 9.75 Å². The number of rotatable bonds is 2. The second-order valence-electron chi connectivity index (χ2n) is 3.57. The number of hydrogen-bond acceptors (Lipinski definition) is 5. The van der Waals surface area contributed by atoms with Crippen molar-refractivity contribution in [1.29, 1.82) is 0 Å². The van der Waals surface area contributed by atoms with Crippen molar-refractivity contribution in [2.24, 2.45) is 0 Å². The summed E-state index contributed by atoms with van der Waals surface area (Å²) >= 11 is 0. The molecule has 6 heteroatoms. The summed E-state index contributed by atoms with van der Waals surface area (Å²) in [6.45, 7) is 3.28. The van der Waals surface area contributed by atoms with Gasteiger partial charge in [-0.3, -0.25) is 10.1 Å². The molecule has 0 bridgehead atoms. The molecule has 1 aromatic rings. The summed E-state index contributed by atoms with van der Waals surface area (Å²) in [4.78, 5) is 10.1. The van der Waals surface area contributed by atoms with Crippen molar-refractivity contribution in [3.63, 3.8) is 0 Å². The van der Waals surface area contributed by atoms with Crippen LogP contribution in [-0.2, 0) is 4.74 Å². The van der Waals surface area contributed by atoms with Crippen molar-refractivity contribution in [3.05, 3.63) is 34.4 Å². The first-order valence-electron chi connectivity index (χ1n) is 5.06. The van der Waals surface area contributed by atoms with Crippen molar-refractivity contribution in [3.8, 4) is 0 Å². The number of ether oxygens (including phenoxy) is 1. The van der Waals surface area contributed by atoms with Gasteiger partial charge in [0.1, 0.15) is 6.23 Å². The molecule has 6 nitrogen and oxygen atoms in total. The number of anilines is 1. The van der Waals surface area contributed by atoms with Gasteiger partial charge in [0.15, 0.2) is 0 Å². The minimum absolute atomic E-state index is 0.0380. The Labute approximate surface area is 92.9 Å². The van der Waals surface area contributed by atoms with Crippen molar-refractivity contribution in [1.82, 2.24) is 5.43 Å². The van der Waals surface area contributed by atoms with E-state index < -0.39 is 4.92 Å². The first-order chi connectivity index (χ1) is 7.66. The summed E-state index contributed by atoms with van der Waals surface area (Å²) in [6, 6.07) is 6.45. The van der Waals surface area contributed by atoms with Crippen LogP contribution in [0, 0.1) is 10.1 Å². The molecule has 0 aliphatic carbocycles. The SMILES string of the molecule is CC1NN(c2ccc([N+](=O)[O-])cc2)CCO1. The fraction of sp³-hybridized carbons (Fsp3) is 0.400. The molecule has 1 atom stereocenters. The Morgan fingerprint density at radius 3 is 2.75 bits per heavy atom. The fourth-order valence-electron chi connectivity index (χ4n) is 1.60. The van der Waals surface area contributed by atoms with Crippen LogP contribution in [-0.4, -0.2) is 24.3 Å². The molecule has 1 aliphatic rings.